The van der Waals surface area contributed by atoms with Crippen molar-refractivity contribution < 1.29 is 0 Å². The van der Waals surface area contributed by atoms with Crippen LogP contribution in [0.15, 0.2) is 30.3 Å². The molecule has 2 nitrogen and oxygen atoms in total. The second-order valence-electron chi connectivity index (χ2n) is 4.35. The average Bonchev–Trinajstić information content (AvgIpc) is 2.76. The third-order valence-electron chi connectivity index (χ3n) is 2.87. The van der Waals surface area contributed by atoms with E-state index in [1.807, 2.05) is 19.1 Å². The number of rotatable bonds is 1. The van der Waals surface area contributed by atoms with Gasteiger partial charge in [-0.15, -0.1) is 0 Å². The first-order chi connectivity index (χ1) is 9.04. The van der Waals surface area contributed by atoms with Crippen LogP contribution >= 0.6 is 34.8 Å². The van der Waals surface area contributed by atoms with Crippen LogP contribution in [0.2, 0.25) is 15.1 Å². The molecule has 0 aliphatic carbocycles. The third kappa shape index (κ3) is 2.32. The van der Waals surface area contributed by atoms with Gasteiger partial charge >= 0.3 is 0 Å². The van der Waals surface area contributed by atoms with Crippen molar-refractivity contribution in [2.24, 2.45) is 0 Å². The molecule has 19 heavy (non-hydrogen) atoms. The summed E-state index contributed by atoms with van der Waals surface area (Å²) in [5.74, 6) is 0.662. The quantitative estimate of drug-likeness (QED) is 0.631. The Labute approximate surface area is 125 Å². The highest BCUT2D eigenvalue weighted by Crippen LogP contribution is 2.32. The summed E-state index contributed by atoms with van der Waals surface area (Å²) in [5, 5.41) is 1.83. The van der Waals surface area contributed by atoms with E-state index >= 15 is 0 Å². The van der Waals surface area contributed by atoms with Crippen LogP contribution in [0.5, 0.6) is 0 Å². The van der Waals surface area contributed by atoms with E-state index in [1.54, 1.807) is 18.2 Å². The molecular weight excluding hydrogens is 303 g/mol. The Hall–Kier alpha value is -1.22. The number of imidazole rings is 1. The van der Waals surface area contributed by atoms with Gasteiger partial charge in [-0.3, -0.25) is 0 Å². The van der Waals surface area contributed by atoms with E-state index in [2.05, 4.69) is 9.97 Å². The molecule has 0 saturated heterocycles. The van der Waals surface area contributed by atoms with Crippen molar-refractivity contribution in [3.05, 3.63) is 51.0 Å². The lowest BCUT2D eigenvalue weighted by molar-refractivity contribution is 1.34. The number of H-pyrrole nitrogens is 1. The molecule has 0 amide bonds. The zero-order chi connectivity index (χ0) is 13.6. The van der Waals surface area contributed by atoms with Gasteiger partial charge in [-0.1, -0.05) is 34.8 Å². The number of hydrogen-bond donors (Lipinski definition) is 1. The molecule has 2 aromatic carbocycles. The minimum absolute atomic E-state index is 0.594. The predicted octanol–water partition coefficient (Wildman–Crippen LogP) is 5.50. The maximum absolute atomic E-state index is 6.19. The maximum atomic E-state index is 6.19. The molecule has 5 heteroatoms. The number of hydrogen-bond acceptors (Lipinski definition) is 1. The zero-order valence-electron chi connectivity index (χ0n) is 9.97. The van der Waals surface area contributed by atoms with Gasteiger partial charge in [0, 0.05) is 10.6 Å². The van der Waals surface area contributed by atoms with E-state index in [0.29, 0.717) is 20.9 Å². The van der Waals surface area contributed by atoms with Gasteiger partial charge in [0.15, 0.2) is 0 Å². The lowest BCUT2D eigenvalue weighted by Crippen LogP contribution is -1.82. The molecule has 96 valence electrons. The minimum atomic E-state index is 0.594. The Bertz CT molecular complexity index is 778. The summed E-state index contributed by atoms with van der Waals surface area (Å²) in [6, 6.07) is 9.15. The molecule has 3 aromatic rings. The standard InChI is InChI=1S/C14H9Cl3N2/c1-7-4-11(17)13-12(5-7)18-14(19-13)9-6-8(15)2-3-10(9)16/h2-6H,1H3,(H,18,19). The van der Waals surface area contributed by atoms with E-state index in [0.717, 1.165) is 22.2 Å². The molecule has 0 fully saturated rings. The number of fused-ring (bicyclic) bond motifs is 1. The Morgan fingerprint density at radius 1 is 1.00 bits per heavy atom. The van der Waals surface area contributed by atoms with Gasteiger partial charge in [0.25, 0.3) is 0 Å². The van der Waals surface area contributed by atoms with Crippen LogP contribution in [0.25, 0.3) is 22.4 Å². The SMILES string of the molecule is Cc1cc(Cl)c2nc(-c3cc(Cl)ccc3Cl)[nH]c2c1. The van der Waals surface area contributed by atoms with Crippen LogP contribution in [-0.2, 0) is 0 Å². The van der Waals surface area contributed by atoms with Gasteiger partial charge in [0.2, 0.25) is 0 Å². The molecule has 0 unspecified atom stereocenters. The molecule has 0 spiro atoms. The van der Waals surface area contributed by atoms with Crippen molar-refractivity contribution in [2.75, 3.05) is 0 Å². The van der Waals surface area contributed by atoms with Gasteiger partial charge in [0.05, 0.1) is 15.6 Å². The summed E-state index contributed by atoms with van der Waals surface area (Å²) in [4.78, 5) is 7.72. The fourth-order valence-electron chi connectivity index (χ4n) is 2.02. The van der Waals surface area contributed by atoms with Crippen molar-refractivity contribution in [1.82, 2.24) is 9.97 Å². The summed E-state index contributed by atoms with van der Waals surface area (Å²) in [6.45, 7) is 1.98. The van der Waals surface area contributed by atoms with Crippen LogP contribution in [0, 0.1) is 6.92 Å². The second-order valence-corrected chi connectivity index (χ2v) is 5.60. The second kappa shape index (κ2) is 4.71. The molecule has 0 bridgehead atoms. The molecule has 0 aliphatic rings. The fraction of sp³-hybridized carbons (Fsp3) is 0.0714. The van der Waals surface area contributed by atoms with Crippen molar-refractivity contribution in [3.8, 4) is 11.4 Å². The first-order valence-corrected chi connectivity index (χ1v) is 6.79. The van der Waals surface area contributed by atoms with Gasteiger partial charge < -0.3 is 4.98 Å². The number of nitrogens with zero attached hydrogens (tertiary/aromatic N) is 1. The monoisotopic (exact) mass is 310 g/mol. The first-order valence-electron chi connectivity index (χ1n) is 5.66. The maximum Gasteiger partial charge on any atom is 0.140 e. The summed E-state index contributed by atoms with van der Waals surface area (Å²) in [6.07, 6.45) is 0. The van der Waals surface area contributed by atoms with Crippen molar-refractivity contribution in [2.45, 2.75) is 6.92 Å². The number of aromatic nitrogens is 2. The van der Waals surface area contributed by atoms with Gasteiger partial charge in [-0.25, -0.2) is 4.98 Å². The van der Waals surface area contributed by atoms with Gasteiger partial charge in [0.1, 0.15) is 11.3 Å². The summed E-state index contributed by atoms with van der Waals surface area (Å²) in [7, 11) is 0. The zero-order valence-corrected chi connectivity index (χ0v) is 12.2. The molecular formula is C14H9Cl3N2. The number of benzene rings is 2. The van der Waals surface area contributed by atoms with Crippen LogP contribution in [0.1, 0.15) is 5.56 Å². The Morgan fingerprint density at radius 2 is 1.79 bits per heavy atom. The van der Waals surface area contributed by atoms with E-state index < -0.39 is 0 Å². The normalized spacial score (nSPS) is 11.2. The highest BCUT2D eigenvalue weighted by Gasteiger charge is 2.12. The third-order valence-corrected chi connectivity index (χ3v) is 3.72. The molecule has 1 aromatic heterocycles. The number of aromatic amines is 1. The van der Waals surface area contributed by atoms with E-state index in [4.69, 9.17) is 34.8 Å². The summed E-state index contributed by atoms with van der Waals surface area (Å²) in [5.41, 5.74) is 3.46. The highest BCUT2D eigenvalue weighted by molar-refractivity contribution is 6.36. The van der Waals surface area contributed by atoms with E-state index in [9.17, 15) is 0 Å². The average molecular weight is 312 g/mol. The molecule has 1 heterocycles. The Morgan fingerprint density at radius 3 is 2.58 bits per heavy atom. The highest BCUT2D eigenvalue weighted by atomic mass is 35.5. The molecule has 1 N–H and O–H groups in total. The van der Waals surface area contributed by atoms with Crippen molar-refractivity contribution >= 4 is 45.8 Å². The first kappa shape index (κ1) is 12.8. The minimum Gasteiger partial charge on any atom is -0.338 e. The lowest BCUT2D eigenvalue weighted by atomic mass is 10.2. The fourth-order valence-corrected chi connectivity index (χ4v) is 2.71. The van der Waals surface area contributed by atoms with Crippen LogP contribution in [0.4, 0.5) is 0 Å². The van der Waals surface area contributed by atoms with Gasteiger partial charge in [-0.05, 0) is 42.8 Å². The number of nitrogens with one attached hydrogen (secondary N) is 1. The molecule has 0 atom stereocenters. The number of halogens is 3. The molecule has 0 aliphatic heterocycles. The summed E-state index contributed by atoms with van der Waals surface area (Å²) < 4.78 is 0. The Balaban J connectivity index is 2.26. The molecule has 0 radical (unpaired) electrons. The predicted molar refractivity (Wildman–Crippen MR) is 81.3 cm³/mol. The van der Waals surface area contributed by atoms with Crippen LogP contribution < -0.4 is 0 Å². The van der Waals surface area contributed by atoms with Crippen LogP contribution in [0.3, 0.4) is 0 Å². The van der Waals surface area contributed by atoms with E-state index in [1.165, 1.54) is 0 Å². The molecule has 0 saturated carbocycles. The van der Waals surface area contributed by atoms with Crippen molar-refractivity contribution in [3.63, 3.8) is 0 Å². The lowest BCUT2D eigenvalue weighted by Gasteiger charge is -2.00. The molecule has 3 rings (SSSR count). The largest absolute Gasteiger partial charge is 0.338 e. The van der Waals surface area contributed by atoms with Crippen molar-refractivity contribution in [1.29, 1.82) is 0 Å². The topological polar surface area (TPSA) is 28.7 Å². The van der Waals surface area contributed by atoms with E-state index in [-0.39, 0.29) is 0 Å². The Kier molecular flexibility index (Phi) is 3.17. The smallest absolute Gasteiger partial charge is 0.140 e. The van der Waals surface area contributed by atoms with Gasteiger partial charge in [-0.2, -0.15) is 0 Å². The number of aryl methyl sites for hydroxylation is 1. The summed E-state index contributed by atoms with van der Waals surface area (Å²) >= 11 is 18.4. The van der Waals surface area contributed by atoms with Crippen LogP contribution in [-0.4, -0.2) is 9.97 Å².